The first-order chi connectivity index (χ1) is 0. The van der Waals surface area contributed by atoms with Crippen molar-refractivity contribution in [1.82, 2.24) is 0 Å². The molecule has 0 aromatic carbocycles. The fraction of sp³-hybridized carbons (Fsp3) is 0. The molecule has 0 aliphatic carbocycles. The predicted octanol–water partition coefficient (Wildman–Crippen LogP) is -11.5. The molecular formula is H6K3O3+3. The van der Waals surface area contributed by atoms with Gasteiger partial charge in [0.05, 0.1) is 0 Å². The third kappa shape index (κ3) is 23.2. The normalized spacial score (nSPS) is 0. The quantitative estimate of drug-likeness (QED) is 0.324. The van der Waals surface area contributed by atoms with Gasteiger partial charge in [-0.25, -0.2) is 0 Å². The van der Waals surface area contributed by atoms with Crippen molar-refractivity contribution in [3.63, 3.8) is 0 Å². The molecule has 0 rings (SSSR count). The van der Waals surface area contributed by atoms with Crippen molar-refractivity contribution in [2.45, 2.75) is 0 Å². The van der Waals surface area contributed by atoms with Gasteiger partial charge in [0, 0.05) is 0 Å². The molecule has 0 amide bonds. The van der Waals surface area contributed by atoms with Crippen LogP contribution >= 0.6 is 0 Å². The van der Waals surface area contributed by atoms with Gasteiger partial charge in [0.25, 0.3) is 0 Å². The Balaban J connectivity index is 0. The van der Waals surface area contributed by atoms with Crippen molar-refractivity contribution in [2.24, 2.45) is 0 Å². The third-order valence-electron chi connectivity index (χ3n) is 0. The Labute approximate surface area is 165 Å². The second-order valence-corrected chi connectivity index (χ2v) is 0. The van der Waals surface area contributed by atoms with Crippen LogP contribution in [0.25, 0.3) is 0 Å². The van der Waals surface area contributed by atoms with E-state index in [0.29, 0.717) is 0 Å². The molecule has 0 bridgehead atoms. The van der Waals surface area contributed by atoms with E-state index in [1.54, 1.807) is 0 Å². The Morgan fingerprint density at radius 2 is 0.333 bits per heavy atom. The van der Waals surface area contributed by atoms with E-state index in [1.807, 2.05) is 0 Å². The topological polar surface area (TPSA) is 94.5 Å². The number of rotatable bonds is 0. The van der Waals surface area contributed by atoms with Gasteiger partial charge >= 0.3 is 154 Å². The van der Waals surface area contributed by atoms with Gasteiger partial charge in [-0.15, -0.1) is 0 Å². The zero-order valence-electron chi connectivity index (χ0n) is 4.50. The zero-order valence-corrected chi connectivity index (χ0v) is 13.9. The maximum Gasteiger partial charge on any atom is 1.00 e. The van der Waals surface area contributed by atoms with E-state index >= 15 is 0 Å². The fourth-order valence-electron chi connectivity index (χ4n) is 0. The summed E-state index contributed by atoms with van der Waals surface area (Å²) >= 11 is 0. The largest absolute Gasteiger partial charge is 1.00 e. The third-order valence-corrected chi connectivity index (χ3v) is 0. The van der Waals surface area contributed by atoms with Crippen LogP contribution in [0.2, 0.25) is 0 Å². The number of hydrogen-bond donors (Lipinski definition) is 0. The minimum Gasteiger partial charge on any atom is -0.412 e. The van der Waals surface area contributed by atoms with Crippen molar-refractivity contribution in [2.75, 3.05) is 0 Å². The summed E-state index contributed by atoms with van der Waals surface area (Å²) < 4.78 is 0. The van der Waals surface area contributed by atoms with E-state index in [1.165, 1.54) is 0 Å². The molecule has 0 saturated carbocycles. The van der Waals surface area contributed by atoms with Crippen molar-refractivity contribution in [3.8, 4) is 0 Å². The minimum atomic E-state index is 0. The summed E-state index contributed by atoms with van der Waals surface area (Å²) in [5.41, 5.74) is 0. The van der Waals surface area contributed by atoms with Gasteiger partial charge in [0.2, 0.25) is 0 Å². The molecule has 0 saturated heterocycles. The standard InChI is InChI=1S/3K.3H2O/h;;;3*1H2/q3*+1;;;. The molecular weight excluding hydrogens is 165 g/mol. The zero-order chi connectivity index (χ0) is 0. The van der Waals surface area contributed by atoms with Gasteiger partial charge in [0.1, 0.15) is 0 Å². The van der Waals surface area contributed by atoms with Gasteiger partial charge in [0.15, 0.2) is 0 Å². The molecule has 0 aliphatic heterocycles. The van der Waals surface area contributed by atoms with Crippen LogP contribution in [0.1, 0.15) is 0 Å². The van der Waals surface area contributed by atoms with Crippen LogP contribution in [0.5, 0.6) is 0 Å². The van der Waals surface area contributed by atoms with Gasteiger partial charge in [-0.3, -0.25) is 0 Å². The number of hydrogen-bond acceptors (Lipinski definition) is 0. The summed E-state index contributed by atoms with van der Waals surface area (Å²) in [6.07, 6.45) is 0. The molecule has 0 aliphatic rings. The van der Waals surface area contributed by atoms with Crippen molar-refractivity contribution in [1.29, 1.82) is 0 Å². The molecule has 0 spiro atoms. The molecule has 0 fully saturated rings. The summed E-state index contributed by atoms with van der Waals surface area (Å²) in [6.45, 7) is 0. The summed E-state index contributed by atoms with van der Waals surface area (Å²) in [5, 5.41) is 0. The Morgan fingerprint density at radius 3 is 0.333 bits per heavy atom. The molecule has 0 radical (unpaired) electrons. The van der Waals surface area contributed by atoms with Crippen molar-refractivity contribution < 1.29 is 171 Å². The Bertz CT molecular complexity index is 6.00. The van der Waals surface area contributed by atoms with Crippen LogP contribution in [0.4, 0.5) is 0 Å². The summed E-state index contributed by atoms with van der Waals surface area (Å²) in [4.78, 5) is 0. The molecule has 0 heterocycles. The molecule has 6 heavy (non-hydrogen) atoms. The van der Waals surface area contributed by atoms with Crippen molar-refractivity contribution >= 4 is 0 Å². The molecule has 0 atom stereocenters. The van der Waals surface area contributed by atoms with E-state index in [0.717, 1.165) is 0 Å². The second kappa shape index (κ2) is 33.0. The monoisotopic (exact) mass is 171 g/mol. The van der Waals surface area contributed by atoms with E-state index in [2.05, 4.69) is 0 Å². The summed E-state index contributed by atoms with van der Waals surface area (Å²) in [7, 11) is 0. The first kappa shape index (κ1) is 45.1. The maximum atomic E-state index is 0. The molecule has 0 aromatic heterocycles. The second-order valence-electron chi connectivity index (χ2n) is 0. The van der Waals surface area contributed by atoms with Crippen LogP contribution in [0.3, 0.4) is 0 Å². The fourth-order valence-corrected chi connectivity index (χ4v) is 0. The van der Waals surface area contributed by atoms with Crippen LogP contribution in [-0.2, 0) is 0 Å². The van der Waals surface area contributed by atoms with E-state index in [4.69, 9.17) is 0 Å². The van der Waals surface area contributed by atoms with E-state index in [9.17, 15) is 0 Å². The molecule has 24 valence electrons. The average Bonchev–Trinajstić information content (AvgIpc) is 0. The van der Waals surface area contributed by atoms with Crippen LogP contribution in [0.15, 0.2) is 0 Å². The van der Waals surface area contributed by atoms with Crippen molar-refractivity contribution in [3.05, 3.63) is 0 Å². The minimum absolute atomic E-state index is 0. The van der Waals surface area contributed by atoms with Gasteiger partial charge < -0.3 is 16.4 Å². The first-order valence-corrected chi connectivity index (χ1v) is 0. The van der Waals surface area contributed by atoms with Gasteiger partial charge in [-0.2, -0.15) is 0 Å². The summed E-state index contributed by atoms with van der Waals surface area (Å²) in [5.74, 6) is 0. The first-order valence-electron chi connectivity index (χ1n) is 0. The molecule has 6 heteroatoms. The van der Waals surface area contributed by atoms with Gasteiger partial charge in [-0.1, -0.05) is 0 Å². The van der Waals surface area contributed by atoms with Crippen LogP contribution in [0, 0.1) is 0 Å². The Morgan fingerprint density at radius 1 is 0.333 bits per heavy atom. The van der Waals surface area contributed by atoms with Crippen LogP contribution < -0.4 is 154 Å². The molecule has 6 N–H and O–H groups in total. The van der Waals surface area contributed by atoms with Crippen LogP contribution in [-0.4, -0.2) is 16.4 Å². The van der Waals surface area contributed by atoms with E-state index in [-0.39, 0.29) is 171 Å². The molecule has 3 nitrogen and oxygen atoms in total. The average molecular weight is 171 g/mol. The SMILES string of the molecule is O.O.O.[K+].[K+].[K+]. The van der Waals surface area contributed by atoms with Gasteiger partial charge in [-0.05, 0) is 0 Å². The Kier molecular flexibility index (Phi) is 248. The smallest absolute Gasteiger partial charge is 0.412 e. The predicted molar refractivity (Wildman–Crippen MR) is 10.8 cm³/mol. The maximum absolute atomic E-state index is 0. The summed E-state index contributed by atoms with van der Waals surface area (Å²) in [6, 6.07) is 0. The molecule has 0 unspecified atom stereocenters. The molecule has 0 aromatic rings. The van der Waals surface area contributed by atoms with E-state index < -0.39 is 0 Å². The Hall–Kier alpha value is 4.79.